The van der Waals surface area contributed by atoms with E-state index in [1.54, 1.807) is 12.1 Å². The fourth-order valence-electron chi connectivity index (χ4n) is 3.73. The van der Waals surface area contributed by atoms with E-state index in [9.17, 15) is 14.4 Å². The highest BCUT2D eigenvalue weighted by molar-refractivity contribution is 5.98. The molecule has 0 bridgehead atoms. The molecule has 0 unspecified atom stereocenters. The van der Waals surface area contributed by atoms with Gasteiger partial charge in [-0.25, -0.2) is 4.79 Å². The van der Waals surface area contributed by atoms with Gasteiger partial charge in [0.2, 0.25) is 5.91 Å². The smallest absolute Gasteiger partial charge is 0.407 e. The Bertz CT molecular complexity index is 762. The van der Waals surface area contributed by atoms with Gasteiger partial charge >= 0.3 is 6.09 Å². The van der Waals surface area contributed by atoms with Gasteiger partial charge in [-0.3, -0.25) is 9.59 Å². The molecule has 0 aliphatic carbocycles. The Labute approximate surface area is 198 Å². The minimum Gasteiger partial charge on any atom is -0.494 e. The molecule has 1 aliphatic heterocycles. The van der Waals surface area contributed by atoms with Crippen LogP contribution in [0.2, 0.25) is 0 Å². The largest absolute Gasteiger partial charge is 0.494 e. The summed E-state index contributed by atoms with van der Waals surface area (Å²) < 4.78 is 10.9. The lowest BCUT2D eigenvalue weighted by Gasteiger charge is -2.32. The number of ether oxygens (including phenoxy) is 2. The Morgan fingerprint density at radius 3 is 2.30 bits per heavy atom. The second-order valence-corrected chi connectivity index (χ2v) is 9.71. The Morgan fingerprint density at radius 2 is 1.70 bits per heavy atom. The number of hydrogen-bond acceptors (Lipinski definition) is 5. The Morgan fingerprint density at radius 1 is 1.03 bits per heavy atom. The fraction of sp³-hybridized carbons (Fsp3) is 0.654. The maximum Gasteiger partial charge on any atom is 0.407 e. The van der Waals surface area contributed by atoms with Crippen LogP contribution in [0.15, 0.2) is 24.3 Å². The van der Waals surface area contributed by atoms with E-state index in [4.69, 9.17) is 9.47 Å². The van der Waals surface area contributed by atoms with Gasteiger partial charge < -0.3 is 19.7 Å². The van der Waals surface area contributed by atoms with E-state index in [2.05, 4.69) is 12.2 Å². The normalized spacial score (nSPS) is 14.6. The van der Waals surface area contributed by atoms with Crippen LogP contribution in [0.1, 0.15) is 83.0 Å². The first kappa shape index (κ1) is 26.7. The molecule has 33 heavy (non-hydrogen) atoms. The predicted octanol–water partition coefficient (Wildman–Crippen LogP) is 4.98. The van der Waals surface area contributed by atoms with E-state index in [0.29, 0.717) is 37.7 Å². The third-order valence-corrected chi connectivity index (χ3v) is 5.66. The SMILES string of the molecule is CCCCCOc1ccc(C(=O)CCC(=O)N2CCC(CNC(=O)OC(C)(C)C)CC2)cc1. The van der Waals surface area contributed by atoms with E-state index < -0.39 is 11.7 Å². The molecular weight excluding hydrogens is 420 g/mol. The standard InChI is InChI=1S/C26H40N2O5/c1-5-6-7-18-32-22-10-8-21(9-11-22)23(29)12-13-24(30)28-16-14-20(15-17-28)19-27-25(31)33-26(2,3)4/h8-11,20H,5-7,12-19H2,1-4H3,(H,27,31). The van der Waals surface area contributed by atoms with Crippen molar-refractivity contribution in [2.45, 2.75) is 78.2 Å². The van der Waals surface area contributed by atoms with E-state index in [1.165, 1.54) is 0 Å². The van der Waals surface area contributed by atoms with Crippen molar-refractivity contribution in [3.8, 4) is 5.75 Å². The molecule has 0 radical (unpaired) electrons. The van der Waals surface area contributed by atoms with Gasteiger partial charge in [0.1, 0.15) is 11.4 Å². The number of carbonyl (C=O) groups is 3. The molecule has 2 rings (SSSR count). The third-order valence-electron chi connectivity index (χ3n) is 5.66. The molecule has 1 aliphatic rings. The Balaban J connectivity index is 1.66. The number of benzene rings is 1. The molecule has 1 heterocycles. The number of rotatable bonds is 11. The van der Waals surface area contributed by atoms with E-state index in [-0.39, 0.29) is 24.5 Å². The van der Waals surface area contributed by atoms with Crippen LogP contribution in [0, 0.1) is 5.92 Å². The zero-order chi connectivity index (χ0) is 24.3. The zero-order valence-electron chi connectivity index (χ0n) is 20.7. The predicted molar refractivity (Wildman–Crippen MR) is 129 cm³/mol. The molecule has 0 atom stereocenters. The van der Waals surface area contributed by atoms with Crippen LogP contribution in [-0.4, -0.2) is 54.5 Å². The van der Waals surface area contributed by atoms with Crippen molar-refractivity contribution in [2.24, 2.45) is 5.92 Å². The molecule has 2 amide bonds. The number of amides is 2. The molecule has 1 N–H and O–H groups in total. The van der Waals surface area contributed by atoms with Crippen molar-refractivity contribution < 1.29 is 23.9 Å². The lowest BCUT2D eigenvalue weighted by Crippen LogP contribution is -2.42. The quantitative estimate of drug-likeness (QED) is 0.372. The molecule has 0 spiro atoms. The fourth-order valence-corrected chi connectivity index (χ4v) is 3.73. The third kappa shape index (κ3) is 10.3. The summed E-state index contributed by atoms with van der Waals surface area (Å²) in [7, 11) is 0. The number of Topliss-reactive ketones (excluding diaryl/α,β-unsaturated/α-hetero) is 1. The van der Waals surface area contributed by atoms with Gasteiger partial charge in [0, 0.05) is 38.0 Å². The monoisotopic (exact) mass is 460 g/mol. The highest BCUT2D eigenvalue weighted by Gasteiger charge is 2.24. The first-order valence-electron chi connectivity index (χ1n) is 12.2. The number of piperidine rings is 1. The lowest BCUT2D eigenvalue weighted by atomic mass is 9.96. The molecule has 7 nitrogen and oxygen atoms in total. The van der Waals surface area contributed by atoms with Crippen molar-refractivity contribution in [1.29, 1.82) is 0 Å². The van der Waals surface area contributed by atoms with Crippen LogP contribution in [0.3, 0.4) is 0 Å². The molecule has 7 heteroatoms. The highest BCUT2D eigenvalue weighted by Crippen LogP contribution is 2.19. The van der Waals surface area contributed by atoms with E-state index in [0.717, 1.165) is 37.9 Å². The van der Waals surface area contributed by atoms with Crippen LogP contribution in [0.25, 0.3) is 0 Å². The van der Waals surface area contributed by atoms with Crippen LogP contribution in [0.4, 0.5) is 4.79 Å². The molecule has 0 aromatic heterocycles. The molecule has 184 valence electrons. The van der Waals surface area contributed by atoms with Crippen molar-refractivity contribution in [3.63, 3.8) is 0 Å². The van der Waals surface area contributed by atoms with Gasteiger partial charge in [-0.2, -0.15) is 0 Å². The molecule has 1 saturated heterocycles. The number of nitrogens with zero attached hydrogens (tertiary/aromatic N) is 1. The van der Waals surface area contributed by atoms with Crippen LogP contribution in [-0.2, 0) is 9.53 Å². The molecule has 0 saturated carbocycles. The first-order chi connectivity index (χ1) is 15.7. The van der Waals surface area contributed by atoms with Crippen LogP contribution in [0.5, 0.6) is 5.75 Å². The number of ketones is 1. The average Bonchev–Trinajstić information content (AvgIpc) is 2.78. The number of nitrogens with one attached hydrogen (secondary N) is 1. The molecule has 1 aromatic rings. The van der Waals surface area contributed by atoms with Crippen molar-refractivity contribution in [1.82, 2.24) is 10.2 Å². The maximum atomic E-state index is 12.6. The zero-order valence-corrected chi connectivity index (χ0v) is 20.7. The van der Waals surface area contributed by atoms with Gasteiger partial charge in [-0.1, -0.05) is 19.8 Å². The van der Waals surface area contributed by atoms with Crippen molar-refractivity contribution in [2.75, 3.05) is 26.2 Å². The summed E-state index contributed by atoms with van der Waals surface area (Å²) in [5, 5.41) is 2.81. The molecule has 1 fully saturated rings. The summed E-state index contributed by atoms with van der Waals surface area (Å²) in [6.07, 6.45) is 4.99. The molecular formula is C26H40N2O5. The van der Waals surface area contributed by atoms with E-state index >= 15 is 0 Å². The van der Waals surface area contributed by atoms with Gasteiger partial charge in [0.05, 0.1) is 6.61 Å². The van der Waals surface area contributed by atoms with Crippen molar-refractivity contribution in [3.05, 3.63) is 29.8 Å². The average molecular weight is 461 g/mol. The maximum absolute atomic E-state index is 12.6. The van der Waals surface area contributed by atoms with Gasteiger partial charge in [-0.15, -0.1) is 0 Å². The second kappa shape index (κ2) is 13.2. The van der Waals surface area contributed by atoms with Crippen molar-refractivity contribution >= 4 is 17.8 Å². The summed E-state index contributed by atoms with van der Waals surface area (Å²) in [5.74, 6) is 1.07. The summed E-state index contributed by atoms with van der Waals surface area (Å²) >= 11 is 0. The van der Waals surface area contributed by atoms with Crippen LogP contribution < -0.4 is 10.1 Å². The van der Waals surface area contributed by atoms with Gasteiger partial charge in [0.25, 0.3) is 0 Å². The first-order valence-corrected chi connectivity index (χ1v) is 12.2. The Kier molecular flexibility index (Phi) is 10.7. The number of hydrogen-bond donors (Lipinski definition) is 1. The number of unbranched alkanes of at least 4 members (excludes halogenated alkanes) is 2. The number of alkyl carbamates (subject to hydrolysis) is 1. The summed E-state index contributed by atoms with van der Waals surface area (Å²) in [5.41, 5.74) is 0.0945. The summed E-state index contributed by atoms with van der Waals surface area (Å²) in [4.78, 5) is 38.6. The van der Waals surface area contributed by atoms with Gasteiger partial charge in [0.15, 0.2) is 5.78 Å². The van der Waals surface area contributed by atoms with Gasteiger partial charge in [-0.05, 0) is 70.2 Å². The lowest BCUT2D eigenvalue weighted by molar-refractivity contribution is -0.132. The highest BCUT2D eigenvalue weighted by atomic mass is 16.6. The number of carbonyl (C=O) groups excluding carboxylic acids is 3. The summed E-state index contributed by atoms with van der Waals surface area (Å²) in [6, 6.07) is 7.17. The Hall–Kier alpha value is -2.57. The minimum absolute atomic E-state index is 0.0118. The topological polar surface area (TPSA) is 84.9 Å². The summed E-state index contributed by atoms with van der Waals surface area (Å²) in [6.45, 7) is 10.2. The van der Waals surface area contributed by atoms with Crippen LogP contribution >= 0.6 is 0 Å². The number of likely N-dealkylation sites (tertiary alicyclic amines) is 1. The molecule has 1 aromatic carbocycles. The minimum atomic E-state index is -0.513. The second-order valence-electron chi connectivity index (χ2n) is 9.71. The van der Waals surface area contributed by atoms with E-state index in [1.807, 2.05) is 37.8 Å².